The number of pyridine rings is 1. The molecule has 0 radical (unpaired) electrons. The molecule has 0 spiro atoms. The maximum Gasteiger partial charge on any atom is 0.219 e. The monoisotopic (exact) mass is 390 g/mol. The van der Waals surface area contributed by atoms with E-state index in [0.717, 1.165) is 30.4 Å². The lowest BCUT2D eigenvalue weighted by Gasteiger charge is -2.44. The van der Waals surface area contributed by atoms with Crippen molar-refractivity contribution in [2.24, 2.45) is 5.41 Å². The van der Waals surface area contributed by atoms with Gasteiger partial charge in [-0.25, -0.2) is 17.7 Å². The second-order valence-corrected chi connectivity index (χ2v) is 11.5. The highest BCUT2D eigenvalue weighted by Gasteiger charge is 2.42. The number of H-pyrrole nitrogens is 1. The first-order chi connectivity index (χ1) is 12.7. The Bertz CT molecular complexity index is 901. The molecule has 1 N–H and O–H groups in total. The van der Waals surface area contributed by atoms with E-state index in [-0.39, 0.29) is 10.7 Å². The highest BCUT2D eigenvalue weighted by Crippen LogP contribution is 2.34. The van der Waals surface area contributed by atoms with Gasteiger partial charge in [0.15, 0.2) is 0 Å². The van der Waals surface area contributed by atoms with Gasteiger partial charge in [0.05, 0.1) is 0 Å². The summed E-state index contributed by atoms with van der Waals surface area (Å²) in [6, 6.07) is 4.05. The number of hydrogen-bond acceptors (Lipinski definition) is 4. The van der Waals surface area contributed by atoms with E-state index in [2.05, 4.69) is 41.7 Å². The molecule has 4 heterocycles. The summed E-state index contributed by atoms with van der Waals surface area (Å²) in [4.78, 5) is 9.85. The van der Waals surface area contributed by atoms with Gasteiger partial charge in [-0.3, -0.25) is 0 Å². The van der Waals surface area contributed by atoms with Gasteiger partial charge in [-0.2, -0.15) is 0 Å². The van der Waals surface area contributed by atoms with Crippen molar-refractivity contribution in [1.82, 2.24) is 19.2 Å². The van der Waals surface area contributed by atoms with Crippen LogP contribution in [0.15, 0.2) is 24.5 Å². The zero-order valence-corrected chi connectivity index (χ0v) is 17.3. The summed E-state index contributed by atoms with van der Waals surface area (Å²) in [5.74, 6) is 0.396. The molecule has 4 rings (SSSR count). The van der Waals surface area contributed by atoms with Crippen LogP contribution in [0.1, 0.15) is 45.1 Å². The fourth-order valence-electron chi connectivity index (χ4n) is 4.46. The summed E-state index contributed by atoms with van der Waals surface area (Å²) in [5, 5.41) is 0.935. The Balaban J connectivity index is 1.36. The molecule has 27 heavy (non-hydrogen) atoms. The summed E-state index contributed by atoms with van der Waals surface area (Å²) in [6.07, 6.45) is 5.58. The van der Waals surface area contributed by atoms with Gasteiger partial charge in [-0.1, -0.05) is 20.8 Å². The summed E-state index contributed by atoms with van der Waals surface area (Å²) in [6.45, 7) is 10.1. The van der Waals surface area contributed by atoms with Crippen LogP contribution in [0.2, 0.25) is 0 Å². The van der Waals surface area contributed by atoms with Crippen LogP contribution in [0.3, 0.4) is 0 Å². The molecule has 2 saturated heterocycles. The minimum atomic E-state index is -3.18. The minimum Gasteiger partial charge on any atom is -0.346 e. The molecule has 0 saturated carbocycles. The molecule has 2 aliphatic heterocycles. The Labute approximate surface area is 162 Å². The first kappa shape index (κ1) is 18.9. The first-order valence-corrected chi connectivity index (χ1v) is 11.4. The summed E-state index contributed by atoms with van der Waals surface area (Å²) in [7, 11) is -3.18. The lowest BCUT2D eigenvalue weighted by Crippen LogP contribution is -2.60. The molecule has 2 aromatic heterocycles. The lowest BCUT2D eigenvalue weighted by molar-refractivity contribution is 0.124. The molecule has 0 bridgehead atoms. The predicted molar refractivity (Wildman–Crippen MR) is 108 cm³/mol. The quantitative estimate of drug-likeness (QED) is 0.872. The third kappa shape index (κ3) is 3.77. The third-order valence-electron chi connectivity index (χ3n) is 5.78. The van der Waals surface area contributed by atoms with E-state index in [9.17, 15) is 8.42 Å². The SMILES string of the molecule is CC(C)(C)CN1CC(S(=O)(=O)N2CCC(c3c[nH]c4ncccc34)CC2)C1. The van der Waals surface area contributed by atoms with Gasteiger partial charge in [-0.15, -0.1) is 0 Å². The Hall–Kier alpha value is -1.44. The molecule has 0 atom stereocenters. The maximum absolute atomic E-state index is 13.0. The van der Waals surface area contributed by atoms with Crippen molar-refractivity contribution >= 4 is 21.1 Å². The van der Waals surface area contributed by atoms with E-state index in [1.54, 1.807) is 10.5 Å². The van der Waals surface area contributed by atoms with Gasteiger partial charge in [0.2, 0.25) is 10.0 Å². The number of likely N-dealkylation sites (tertiary alicyclic amines) is 1. The Morgan fingerprint density at radius 2 is 1.93 bits per heavy atom. The molecular formula is C20H30N4O2S. The number of sulfonamides is 1. The van der Waals surface area contributed by atoms with Gasteiger partial charge < -0.3 is 9.88 Å². The average molecular weight is 391 g/mol. The average Bonchev–Trinajstić information content (AvgIpc) is 3.01. The first-order valence-electron chi connectivity index (χ1n) is 9.87. The van der Waals surface area contributed by atoms with Gasteiger partial charge in [0.1, 0.15) is 10.9 Å². The number of nitrogens with one attached hydrogen (secondary N) is 1. The normalized spacial score (nSPS) is 21.6. The number of piperidine rings is 1. The topological polar surface area (TPSA) is 69.3 Å². The van der Waals surface area contributed by atoms with E-state index in [4.69, 9.17) is 0 Å². The van der Waals surface area contributed by atoms with E-state index < -0.39 is 10.0 Å². The minimum absolute atomic E-state index is 0.210. The highest BCUT2D eigenvalue weighted by atomic mass is 32.2. The Morgan fingerprint density at radius 1 is 1.22 bits per heavy atom. The van der Waals surface area contributed by atoms with Crippen LogP contribution in [0.4, 0.5) is 0 Å². The smallest absolute Gasteiger partial charge is 0.219 e. The molecule has 0 aromatic carbocycles. The third-order valence-corrected chi connectivity index (χ3v) is 8.01. The molecule has 2 fully saturated rings. The van der Waals surface area contributed by atoms with Crippen LogP contribution in [0.5, 0.6) is 0 Å². The van der Waals surface area contributed by atoms with E-state index in [1.165, 1.54) is 5.56 Å². The van der Waals surface area contributed by atoms with Crippen LogP contribution in [-0.2, 0) is 10.0 Å². The predicted octanol–water partition coefficient (Wildman–Crippen LogP) is 2.80. The number of hydrogen-bond donors (Lipinski definition) is 1. The van der Waals surface area contributed by atoms with Gasteiger partial charge in [0.25, 0.3) is 0 Å². The molecule has 2 aliphatic rings. The largest absolute Gasteiger partial charge is 0.346 e. The molecule has 0 unspecified atom stereocenters. The zero-order chi connectivity index (χ0) is 19.2. The molecular weight excluding hydrogens is 360 g/mol. The van der Waals surface area contributed by atoms with E-state index in [1.807, 2.05) is 12.3 Å². The molecule has 2 aromatic rings. The Kier molecular flexibility index (Phi) is 4.81. The lowest BCUT2D eigenvalue weighted by atomic mass is 9.90. The maximum atomic E-state index is 13.0. The fourth-order valence-corrected chi connectivity index (χ4v) is 6.40. The van der Waals surface area contributed by atoms with Crippen molar-refractivity contribution < 1.29 is 8.42 Å². The van der Waals surface area contributed by atoms with Crippen molar-refractivity contribution in [2.75, 3.05) is 32.7 Å². The zero-order valence-electron chi connectivity index (χ0n) is 16.5. The van der Waals surface area contributed by atoms with E-state index >= 15 is 0 Å². The summed E-state index contributed by atoms with van der Waals surface area (Å²) in [5.41, 5.74) is 2.40. The second-order valence-electron chi connectivity index (χ2n) is 9.24. The van der Waals surface area contributed by atoms with Crippen molar-refractivity contribution in [3.63, 3.8) is 0 Å². The molecule has 0 amide bonds. The van der Waals surface area contributed by atoms with Crippen molar-refractivity contribution in [3.05, 3.63) is 30.1 Å². The number of aromatic nitrogens is 2. The van der Waals surface area contributed by atoms with E-state index in [0.29, 0.717) is 32.1 Å². The summed E-state index contributed by atoms with van der Waals surface area (Å²) >= 11 is 0. The van der Waals surface area contributed by atoms with Crippen molar-refractivity contribution in [2.45, 2.75) is 44.8 Å². The van der Waals surface area contributed by atoms with Crippen LogP contribution < -0.4 is 0 Å². The number of fused-ring (bicyclic) bond motifs is 1. The van der Waals surface area contributed by atoms with Gasteiger partial charge >= 0.3 is 0 Å². The number of rotatable bonds is 4. The highest BCUT2D eigenvalue weighted by molar-refractivity contribution is 7.89. The van der Waals surface area contributed by atoms with Crippen LogP contribution in [0.25, 0.3) is 11.0 Å². The molecule has 0 aliphatic carbocycles. The van der Waals surface area contributed by atoms with Crippen LogP contribution >= 0.6 is 0 Å². The number of aromatic amines is 1. The molecule has 6 nitrogen and oxygen atoms in total. The molecule has 148 valence electrons. The fraction of sp³-hybridized carbons (Fsp3) is 0.650. The molecule has 7 heteroatoms. The van der Waals surface area contributed by atoms with Gasteiger partial charge in [0, 0.05) is 50.5 Å². The van der Waals surface area contributed by atoms with Crippen LogP contribution in [0, 0.1) is 5.41 Å². The standard InChI is InChI=1S/C20H30N4O2S/c1-20(2,3)14-23-12-16(13-23)27(25,26)24-9-6-15(7-10-24)18-11-22-19-17(18)5-4-8-21-19/h4-5,8,11,15-16H,6-7,9-10,12-14H2,1-3H3,(H,21,22). The van der Waals surface area contributed by atoms with Crippen LogP contribution in [-0.4, -0.2) is 65.6 Å². The Morgan fingerprint density at radius 3 is 2.59 bits per heavy atom. The summed E-state index contributed by atoms with van der Waals surface area (Å²) < 4.78 is 27.7. The second kappa shape index (κ2) is 6.87. The van der Waals surface area contributed by atoms with Crippen molar-refractivity contribution in [1.29, 1.82) is 0 Å². The van der Waals surface area contributed by atoms with Crippen molar-refractivity contribution in [3.8, 4) is 0 Å². The van der Waals surface area contributed by atoms with Gasteiger partial charge in [-0.05, 0) is 41.9 Å². The number of nitrogens with zero attached hydrogens (tertiary/aromatic N) is 3.